The monoisotopic (exact) mass is 237 g/mol. The van der Waals surface area contributed by atoms with E-state index in [4.69, 9.17) is 9.84 Å². The number of rotatable bonds is 4. The Bertz CT molecular complexity index is 391. The van der Waals surface area contributed by atoms with Crippen molar-refractivity contribution in [2.24, 2.45) is 0 Å². The molecule has 6 heteroatoms. The standard InChI is InChI=1S/C11H15N3O3/c15-11(16)8-17-10-6-9(7-12-13-10)14-4-2-1-3-5-14/h6-7H,1-5,8H2,(H,15,16). The van der Waals surface area contributed by atoms with Gasteiger partial charge in [-0.25, -0.2) is 4.79 Å². The molecule has 0 aliphatic carbocycles. The molecule has 1 aromatic rings. The molecular formula is C11H15N3O3. The first kappa shape index (κ1) is 11.6. The first-order valence-corrected chi connectivity index (χ1v) is 5.68. The lowest BCUT2D eigenvalue weighted by atomic mass is 10.1. The van der Waals surface area contributed by atoms with Crippen molar-refractivity contribution in [1.82, 2.24) is 10.2 Å². The van der Waals surface area contributed by atoms with E-state index in [9.17, 15) is 4.79 Å². The van der Waals surface area contributed by atoms with Crippen LogP contribution in [0, 0.1) is 0 Å². The summed E-state index contributed by atoms with van der Waals surface area (Å²) in [4.78, 5) is 12.6. The van der Waals surface area contributed by atoms with Crippen LogP contribution in [0.25, 0.3) is 0 Å². The Kier molecular flexibility index (Phi) is 3.74. The molecule has 0 amide bonds. The Morgan fingerprint density at radius 3 is 2.88 bits per heavy atom. The van der Waals surface area contributed by atoms with Crippen LogP contribution in [0.1, 0.15) is 19.3 Å². The van der Waals surface area contributed by atoms with Crippen LogP contribution in [0.3, 0.4) is 0 Å². The summed E-state index contributed by atoms with van der Waals surface area (Å²) >= 11 is 0. The van der Waals surface area contributed by atoms with Gasteiger partial charge in [-0.1, -0.05) is 0 Å². The van der Waals surface area contributed by atoms with Crippen molar-refractivity contribution >= 4 is 11.7 Å². The van der Waals surface area contributed by atoms with Crippen LogP contribution in [-0.4, -0.2) is 41.0 Å². The minimum Gasteiger partial charge on any atom is -0.479 e. The fourth-order valence-electron chi connectivity index (χ4n) is 1.87. The van der Waals surface area contributed by atoms with Crippen LogP contribution < -0.4 is 9.64 Å². The van der Waals surface area contributed by atoms with E-state index in [1.165, 1.54) is 19.3 Å². The number of carbonyl (C=O) groups is 1. The zero-order valence-corrected chi connectivity index (χ0v) is 9.50. The first-order valence-electron chi connectivity index (χ1n) is 5.68. The minimum absolute atomic E-state index is 0.260. The van der Waals surface area contributed by atoms with E-state index in [2.05, 4.69) is 15.1 Å². The highest BCUT2D eigenvalue weighted by Crippen LogP contribution is 2.21. The smallest absolute Gasteiger partial charge is 0.341 e. The number of nitrogens with zero attached hydrogens (tertiary/aromatic N) is 3. The maximum atomic E-state index is 10.4. The highest BCUT2D eigenvalue weighted by Gasteiger charge is 2.12. The molecule has 2 rings (SSSR count). The van der Waals surface area contributed by atoms with E-state index >= 15 is 0 Å². The molecule has 0 saturated carbocycles. The zero-order valence-electron chi connectivity index (χ0n) is 9.50. The number of ether oxygens (including phenoxy) is 1. The lowest BCUT2D eigenvalue weighted by molar-refractivity contribution is -0.139. The SMILES string of the molecule is O=C(O)COc1cc(N2CCCCC2)cnn1. The summed E-state index contributed by atoms with van der Waals surface area (Å²) in [5.74, 6) is -0.759. The van der Waals surface area contributed by atoms with Gasteiger partial charge < -0.3 is 14.7 Å². The van der Waals surface area contributed by atoms with Crippen molar-refractivity contribution in [2.45, 2.75) is 19.3 Å². The number of carboxylic acids is 1. The highest BCUT2D eigenvalue weighted by atomic mass is 16.5. The number of aliphatic carboxylic acids is 1. The van der Waals surface area contributed by atoms with E-state index in [-0.39, 0.29) is 5.88 Å². The van der Waals surface area contributed by atoms with Gasteiger partial charge in [-0.15, -0.1) is 5.10 Å². The number of piperidine rings is 1. The topological polar surface area (TPSA) is 75.6 Å². The number of anilines is 1. The molecule has 0 radical (unpaired) electrons. The van der Waals surface area contributed by atoms with Crippen LogP contribution in [0.15, 0.2) is 12.3 Å². The highest BCUT2D eigenvalue weighted by molar-refractivity contribution is 5.68. The molecule has 1 saturated heterocycles. The molecule has 0 spiro atoms. The van der Waals surface area contributed by atoms with Crippen LogP contribution in [0.5, 0.6) is 5.88 Å². The Labute approximate surface area is 99.2 Å². The fourth-order valence-corrected chi connectivity index (χ4v) is 1.87. The second kappa shape index (κ2) is 5.47. The maximum absolute atomic E-state index is 10.4. The van der Waals surface area contributed by atoms with Gasteiger partial charge in [0.25, 0.3) is 0 Å². The van der Waals surface area contributed by atoms with Crippen LogP contribution in [0.2, 0.25) is 0 Å². The van der Waals surface area contributed by atoms with Gasteiger partial charge in [-0.3, -0.25) is 0 Å². The van der Waals surface area contributed by atoms with Gasteiger partial charge >= 0.3 is 5.97 Å². The van der Waals surface area contributed by atoms with Gasteiger partial charge in [-0.2, -0.15) is 5.10 Å². The van der Waals surface area contributed by atoms with Gasteiger partial charge in [0.1, 0.15) is 0 Å². The predicted molar refractivity (Wildman–Crippen MR) is 61.2 cm³/mol. The lowest BCUT2D eigenvalue weighted by Gasteiger charge is -2.28. The summed E-state index contributed by atoms with van der Waals surface area (Å²) in [7, 11) is 0. The van der Waals surface area contributed by atoms with Gasteiger partial charge in [0.15, 0.2) is 6.61 Å². The Morgan fingerprint density at radius 1 is 1.41 bits per heavy atom. The molecule has 92 valence electrons. The Hall–Kier alpha value is -1.85. The third kappa shape index (κ3) is 3.30. The van der Waals surface area contributed by atoms with Crippen molar-refractivity contribution < 1.29 is 14.6 Å². The summed E-state index contributed by atoms with van der Waals surface area (Å²) in [6, 6.07) is 1.74. The van der Waals surface area contributed by atoms with E-state index in [0.29, 0.717) is 0 Å². The average Bonchev–Trinajstić information content (AvgIpc) is 2.38. The summed E-state index contributed by atoms with van der Waals surface area (Å²) in [5, 5.41) is 16.1. The second-order valence-corrected chi connectivity index (χ2v) is 3.98. The van der Waals surface area contributed by atoms with Crippen LogP contribution >= 0.6 is 0 Å². The molecule has 1 aliphatic rings. The normalized spacial score (nSPS) is 15.6. The van der Waals surface area contributed by atoms with Gasteiger partial charge in [0.2, 0.25) is 5.88 Å². The van der Waals surface area contributed by atoms with Gasteiger partial charge in [-0.05, 0) is 19.3 Å². The van der Waals surface area contributed by atoms with Crippen LogP contribution in [-0.2, 0) is 4.79 Å². The summed E-state index contributed by atoms with van der Waals surface area (Å²) in [6.45, 7) is 1.62. The molecule has 1 fully saturated rings. The predicted octanol–water partition coefficient (Wildman–Crippen LogP) is 0.930. The van der Waals surface area contributed by atoms with Gasteiger partial charge in [0, 0.05) is 19.2 Å². The molecule has 0 bridgehead atoms. The second-order valence-electron chi connectivity index (χ2n) is 3.98. The minimum atomic E-state index is -1.02. The number of hydrogen-bond donors (Lipinski definition) is 1. The Morgan fingerprint density at radius 2 is 2.18 bits per heavy atom. The molecular weight excluding hydrogens is 222 g/mol. The number of aromatic nitrogens is 2. The van der Waals surface area contributed by atoms with Crippen molar-refractivity contribution in [1.29, 1.82) is 0 Å². The summed E-state index contributed by atoms with van der Waals surface area (Å²) in [6.07, 6.45) is 5.29. The molecule has 0 unspecified atom stereocenters. The zero-order chi connectivity index (χ0) is 12.1. The molecule has 2 heterocycles. The van der Waals surface area contributed by atoms with Crippen molar-refractivity contribution in [2.75, 3.05) is 24.6 Å². The average molecular weight is 237 g/mol. The lowest BCUT2D eigenvalue weighted by Crippen LogP contribution is -2.29. The maximum Gasteiger partial charge on any atom is 0.341 e. The fraction of sp³-hybridized carbons (Fsp3) is 0.545. The van der Waals surface area contributed by atoms with E-state index < -0.39 is 12.6 Å². The van der Waals surface area contributed by atoms with Gasteiger partial charge in [0.05, 0.1) is 11.9 Å². The molecule has 1 N–H and O–H groups in total. The summed E-state index contributed by atoms with van der Waals surface area (Å²) in [5.41, 5.74) is 0.945. The molecule has 6 nitrogen and oxygen atoms in total. The van der Waals surface area contributed by atoms with Crippen molar-refractivity contribution in [3.63, 3.8) is 0 Å². The molecule has 1 aliphatic heterocycles. The number of hydrogen-bond acceptors (Lipinski definition) is 5. The molecule has 17 heavy (non-hydrogen) atoms. The Balaban J connectivity index is 2.02. The number of carboxylic acid groups (broad SMARTS) is 1. The molecule has 0 aromatic carbocycles. The van der Waals surface area contributed by atoms with Crippen molar-refractivity contribution in [3.8, 4) is 5.88 Å². The quantitative estimate of drug-likeness (QED) is 0.839. The molecule has 1 aromatic heterocycles. The third-order valence-electron chi connectivity index (χ3n) is 2.68. The van der Waals surface area contributed by atoms with E-state index in [1.807, 2.05) is 0 Å². The molecule has 0 atom stereocenters. The van der Waals surface area contributed by atoms with Crippen molar-refractivity contribution in [3.05, 3.63) is 12.3 Å². The van der Waals surface area contributed by atoms with E-state index in [0.717, 1.165) is 18.8 Å². The van der Waals surface area contributed by atoms with Crippen LogP contribution in [0.4, 0.5) is 5.69 Å². The third-order valence-corrected chi connectivity index (χ3v) is 2.68. The largest absolute Gasteiger partial charge is 0.479 e. The first-order chi connectivity index (χ1) is 8.25. The van der Waals surface area contributed by atoms with E-state index in [1.54, 1.807) is 12.3 Å². The summed E-state index contributed by atoms with van der Waals surface area (Å²) < 4.78 is 5.00.